The van der Waals surface area contributed by atoms with E-state index in [4.69, 9.17) is 9.47 Å². The fourth-order valence-corrected chi connectivity index (χ4v) is 2.45. The molecule has 4 rings (SSSR count). The summed E-state index contributed by atoms with van der Waals surface area (Å²) in [7, 11) is 0. The molecule has 0 aliphatic carbocycles. The first kappa shape index (κ1) is 35.2. The number of rotatable bonds is 4. The van der Waals surface area contributed by atoms with Gasteiger partial charge in [0.1, 0.15) is 0 Å². The first-order chi connectivity index (χ1) is 13.9. The van der Waals surface area contributed by atoms with Crippen molar-refractivity contribution < 1.29 is 65.2 Å². The zero-order valence-corrected chi connectivity index (χ0v) is 23.5. The van der Waals surface area contributed by atoms with Crippen molar-refractivity contribution in [2.45, 2.75) is 39.5 Å². The van der Waals surface area contributed by atoms with Crippen molar-refractivity contribution in [3.8, 4) is 0 Å². The number of halogens is 2. The zero-order chi connectivity index (χ0) is 20.1. The monoisotopic (exact) mass is 590 g/mol. The van der Waals surface area contributed by atoms with Crippen molar-refractivity contribution in [2.75, 3.05) is 39.5 Å². The van der Waals surface area contributed by atoms with Gasteiger partial charge in [0.25, 0.3) is 0 Å². The molecule has 0 unspecified atom stereocenters. The molecule has 0 N–H and O–H groups in total. The van der Waals surface area contributed by atoms with Crippen LogP contribution < -0.4 is 34.0 Å². The molecule has 0 bridgehead atoms. The first-order valence-corrected chi connectivity index (χ1v) is 10.5. The van der Waals surface area contributed by atoms with Gasteiger partial charge in [0.2, 0.25) is 0 Å². The SMILES string of the molecule is C1CCOC1.C1CCOC1.CC[N-]c1ccccc1.CC[N-]c1ccccc1.[Br-].[Br-].[Ti+4]. The van der Waals surface area contributed by atoms with E-state index >= 15 is 0 Å². The Morgan fingerprint density at radius 2 is 0.871 bits per heavy atom. The van der Waals surface area contributed by atoms with Crippen molar-refractivity contribution >= 4 is 11.4 Å². The van der Waals surface area contributed by atoms with Gasteiger partial charge in [0, 0.05) is 26.4 Å². The van der Waals surface area contributed by atoms with E-state index in [9.17, 15) is 0 Å². The average molecular weight is 592 g/mol. The summed E-state index contributed by atoms with van der Waals surface area (Å²) in [5, 5.41) is 8.41. The van der Waals surface area contributed by atoms with E-state index in [1.54, 1.807) is 0 Å². The van der Waals surface area contributed by atoms with Gasteiger partial charge in [-0.3, -0.25) is 0 Å². The number of nitrogens with zero attached hydrogens (tertiary/aromatic N) is 2. The zero-order valence-electron chi connectivity index (χ0n) is 18.8. The number of hydrogen-bond acceptors (Lipinski definition) is 2. The van der Waals surface area contributed by atoms with Gasteiger partial charge >= 0.3 is 21.7 Å². The molecule has 0 spiro atoms. The van der Waals surface area contributed by atoms with Gasteiger partial charge in [-0.05, 0) is 25.7 Å². The van der Waals surface area contributed by atoms with Gasteiger partial charge in [-0.1, -0.05) is 74.5 Å². The quantitative estimate of drug-likeness (QED) is 0.499. The molecule has 0 amide bonds. The summed E-state index contributed by atoms with van der Waals surface area (Å²) in [5.41, 5.74) is 2.14. The fourth-order valence-electron chi connectivity index (χ4n) is 2.45. The molecular formula is C24H36Br2N2O2Ti. The Morgan fingerprint density at radius 3 is 1.06 bits per heavy atom. The minimum atomic E-state index is 0. The molecule has 2 aliphatic heterocycles. The van der Waals surface area contributed by atoms with Crippen LogP contribution in [0.25, 0.3) is 10.6 Å². The van der Waals surface area contributed by atoms with E-state index in [0.717, 1.165) is 50.9 Å². The third-order valence-corrected chi connectivity index (χ3v) is 3.85. The molecule has 2 heterocycles. The minimum Gasteiger partial charge on any atom is -1.00 e. The van der Waals surface area contributed by atoms with Crippen LogP contribution in [0.3, 0.4) is 0 Å². The Bertz CT molecular complexity index is 491. The maximum atomic E-state index is 4.94. The van der Waals surface area contributed by atoms with E-state index in [-0.39, 0.29) is 55.7 Å². The van der Waals surface area contributed by atoms with Crippen LogP contribution in [0.2, 0.25) is 0 Å². The van der Waals surface area contributed by atoms with Crippen molar-refractivity contribution in [3.63, 3.8) is 0 Å². The molecule has 4 nitrogen and oxygen atoms in total. The van der Waals surface area contributed by atoms with Crippen LogP contribution in [0.4, 0.5) is 11.4 Å². The van der Waals surface area contributed by atoms with Crippen molar-refractivity contribution in [1.82, 2.24) is 0 Å². The third-order valence-electron chi connectivity index (χ3n) is 3.85. The second-order valence-corrected chi connectivity index (χ2v) is 6.26. The summed E-state index contributed by atoms with van der Waals surface area (Å²) in [6, 6.07) is 20.0. The third kappa shape index (κ3) is 22.6. The predicted octanol–water partition coefficient (Wildman–Crippen LogP) is 1.02. The molecule has 2 fully saturated rings. The smallest absolute Gasteiger partial charge is 1.00 e. The standard InChI is InChI=1S/2C8H10N.2C4H8O.2BrH.Ti/c2*1-2-9-8-6-4-3-5-7-8;2*1-2-4-5-3-1;;;/h2*3-7H,2H2,1H3;2*1-4H2;2*1H;/q2*-1;;;;;+4/p-2. The molecule has 0 atom stereocenters. The second-order valence-electron chi connectivity index (χ2n) is 6.26. The predicted molar refractivity (Wildman–Crippen MR) is 120 cm³/mol. The Labute approximate surface area is 225 Å². The number of benzene rings is 2. The van der Waals surface area contributed by atoms with Crippen molar-refractivity contribution in [2.24, 2.45) is 0 Å². The number of ether oxygens (including phenoxy) is 2. The van der Waals surface area contributed by atoms with Crippen LogP contribution in [0.15, 0.2) is 60.7 Å². The van der Waals surface area contributed by atoms with Crippen LogP contribution in [0.1, 0.15) is 39.5 Å². The van der Waals surface area contributed by atoms with Crippen molar-refractivity contribution in [1.29, 1.82) is 0 Å². The van der Waals surface area contributed by atoms with E-state index in [2.05, 4.69) is 10.6 Å². The van der Waals surface area contributed by atoms with Gasteiger partial charge in [-0.15, -0.1) is 24.5 Å². The normalized spacial score (nSPS) is 13.0. The molecule has 31 heavy (non-hydrogen) atoms. The van der Waals surface area contributed by atoms with E-state index in [1.807, 2.05) is 74.5 Å². The summed E-state index contributed by atoms with van der Waals surface area (Å²) in [4.78, 5) is 0. The van der Waals surface area contributed by atoms with Crippen molar-refractivity contribution in [3.05, 3.63) is 71.3 Å². The summed E-state index contributed by atoms with van der Waals surface area (Å²) in [6.07, 6.45) is 5.11. The topological polar surface area (TPSA) is 46.7 Å². The maximum absolute atomic E-state index is 4.94. The number of para-hydroxylation sites is 2. The molecule has 2 aromatic rings. The average Bonchev–Trinajstić information content (AvgIpc) is 3.50. The van der Waals surface area contributed by atoms with Crippen LogP contribution in [0, 0.1) is 0 Å². The Hall–Kier alpha value is -0.366. The van der Waals surface area contributed by atoms with Gasteiger partial charge in [-0.25, -0.2) is 0 Å². The molecule has 0 aromatic heterocycles. The molecule has 0 radical (unpaired) electrons. The van der Waals surface area contributed by atoms with E-state index in [0.29, 0.717) is 0 Å². The first-order valence-electron chi connectivity index (χ1n) is 10.5. The summed E-state index contributed by atoms with van der Waals surface area (Å²) < 4.78 is 9.89. The van der Waals surface area contributed by atoms with Gasteiger partial charge < -0.3 is 54.1 Å². The van der Waals surface area contributed by atoms with E-state index in [1.165, 1.54) is 25.7 Å². The summed E-state index contributed by atoms with van der Waals surface area (Å²) in [6.45, 7) is 9.80. The van der Waals surface area contributed by atoms with Crippen LogP contribution in [-0.2, 0) is 31.2 Å². The van der Waals surface area contributed by atoms with Crippen LogP contribution in [0.5, 0.6) is 0 Å². The minimum absolute atomic E-state index is 0. The van der Waals surface area contributed by atoms with Crippen LogP contribution >= 0.6 is 0 Å². The fraction of sp³-hybridized carbons (Fsp3) is 0.500. The summed E-state index contributed by atoms with van der Waals surface area (Å²) >= 11 is 0. The Kier molecular flexibility index (Phi) is 31.4. The second kappa shape index (κ2) is 27.7. The Balaban J connectivity index is -0.000000337. The molecular weight excluding hydrogens is 556 g/mol. The van der Waals surface area contributed by atoms with Gasteiger partial charge in [0.05, 0.1) is 0 Å². The van der Waals surface area contributed by atoms with E-state index < -0.39 is 0 Å². The van der Waals surface area contributed by atoms with Gasteiger partial charge in [-0.2, -0.15) is 0 Å². The van der Waals surface area contributed by atoms with Crippen LogP contribution in [-0.4, -0.2) is 39.5 Å². The summed E-state index contributed by atoms with van der Waals surface area (Å²) in [5.74, 6) is 0. The largest absolute Gasteiger partial charge is 4.00 e. The molecule has 0 saturated carbocycles. The van der Waals surface area contributed by atoms with Gasteiger partial charge in [0.15, 0.2) is 0 Å². The molecule has 172 valence electrons. The Morgan fingerprint density at radius 1 is 0.581 bits per heavy atom. The maximum Gasteiger partial charge on any atom is 4.00 e. The molecule has 2 saturated heterocycles. The molecule has 2 aliphatic rings. The molecule has 7 heteroatoms. The number of hydrogen-bond donors (Lipinski definition) is 0. The molecule has 2 aromatic carbocycles.